The van der Waals surface area contributed by atoms with E-state index in [1.807, 2.05) is 44.2 Å². The molecule has 0 saturated heterocycles. The Kier molecular flexibility index (Phi) is 5.79. The number of rotatable bonds is 6. The number of anilines is 3. The van der Waals surface area contributed by atoms with Crippen molar-refractivity contribution in [3.8, 4) is 11.5 Å². The Morgan fingerprint density at radius 2 is 1.75 bits per heavy atom. The second kappa shape index (κ2) is 8.43. The molecule has 2 aromatic carbocycles. The molecule has 0 fully saturated rings. The first-order valence-electron chi connectivity index (χ1n) is 8.84. The highest BCUT2D eigenvalue weighted by atomic mass is 16.5. The molecule has 0 radical (unpaired) electrons. The molecule has 0 saturated carbocycles. The molecular weight excluding hydrogens is 354 g/mol. The SMILES string of the molecule is COc1ccc(OC)c(Nc2cc(C(=O)Nc3cc(C)ccc3C)ccn2)c1. The van der Waals surface area contributed by atoms with E-state index in [1.54, 1.807) is 38.6 Å². The van der Waals surface area contributed by atoms with Crippen molar-refractivity contribution in [2.45, 2.75) is 13.8 Å². The third-order valence-electron chi connectivity index (χ3n) is 4.33. The van der Waals surface area contributed by atoms with E-state index in [9.17, 15) is 4.79 Å². The van der Waals surface area contributed by atoms with Crippen molar-refractivity contribution in [2.75, 3.05) is 24.9 Å². The minimum atomic E-state index is -0.197. The fraction of sp³-hybridized carbons (Fsp3) is 0.182. The summed E-state index contributed by atoms with van der Waals surface area (Å²) in [5.41, 5.74) is 4.09. The Hall–Kier alpha value is -3.54. The van der Waals surface area contributed by atoms with Gasteiger partial charge in [-0.3, -0.25) is 4.79 Å². The Labute approximate surface area is 164 Å². The van der Waals surface area contributed by atoms with E-state index in [-0.39, 0.29) is 5.91 Å². The molecule has 28 heavy (non-hydrogen) atoms. The average molecular weight is 377 g/mol. The summed E-state index contributed by atoms with van der Waals surface area (Å²) in [7, 11) is 3.19. The van der Waals surface area contributed by atoms with Crippen LogP contribution < -0.4 is 20.1 Å². The van der Waals surface area contributed by atoms with Gasteiger partial charge in [-0.25, -0.2) is 4.98 Å². The highest BCUT2D eigenvalue weighted by Gasteiger charge is 2.11. The molecule has 1 heterocycles. The maximum absolute atomic E-state index is 12.7. The highest BCUT2D eigenvalue weighted by Crippen LogP contribution is 2.31. The Bertz CT molecular complexity index is 1000. The molecule has 144 valence electrons. The predicted octanol–water partition coefficient (Wildman–Crippen LogP) is 4.71. The van der Waals surface area contributed by atoms with Crippen molar-refractivity contribution in [2.24, 2.45) is 0 Å². The van der Waals surface area contributed by atoms with Gasteiger partial charge in [-0.2, -0.15) is 0 Å². The van der Waals surface area contributed by atoms with Gasteiger partial charge in [-0.1, -0.05) is 12.1 Å². The minimum absolute atomic E-state index is 0.197. The van der Waals surface area contributed by atoms with Crippen molar-refractivity contribution in [3.63, 3.8) is 0 Å². The summed E-state index contributed by atoms with van der Waals surface area (Å²) in [5.74, 6) is 1.66. The maximum Gasteiger partial charge on any atom is 0.255 e. The van der Waals surface area contributed by atoms with Crippen molar-refractivity contribution in [3.05, 3.63) is 71.4 Å². The average Bonchev–Trinajstić information content (AvgIpc) is 2.70. The Morgan fingerprint density at radius 1 is 0.929 bits per heavy atom. The van der Waals surface area contributed by atoms with Gasteiger partial charge in [-0.05, 0) is 55.3 Å². The fourth-order valence-corrected chi connectivity index (χ4v) is 2.75. The summed E-state index contributed by atoms with van der Waals surface area (Å²) in [4.78, 5) is 17.0. The fourth-order valence-electron chi connectivity index (χ4n) is 2.75. The number of pyridine rings is 1. The van der Waals surface area contributed by atoms with Crippen molar-refractivity contribution in [1.82, 2.24) is 4.98 Å². The number of methoxy groups -OCH3 is 2. The van der Waals surface area contributed by atoms with Crippen molar-refractivity contribution >= 4 is 23.1 Å². The molecule has 0 aliphatic heterocycles. The minimum Gasteiger partial charge on any atom is -0.497 e. The van der Waals surface area contributed by atoms with Crippen LogP contribution >= 0.6 is 0 Å². The number of aryl methyl sites for hydroxylation is 2. The molecule has 3 rings (SSSR count). The molecule has 1 amide bonds. The second-order valence-corrected chi connectivity index (χ2v) is 6.39. The Morgan fingerprint density at radius 3 is 2.50 bits per heavy atom. The zero-order chi connectivity index (χ0) is 20.1. The standard InChI is InChI=1S/C22H23N3O3/c1-14-5-6-15(2)18(11-14)25-22(26)16-9-10-23-21(12-16)24-19-13-17(27-3)7-8-20(19)28-4/h5-13H,1-4H3,(H,23,24)(H,25,26). The molecule has 0 aliphatic carbocycles. The third kappa shape index (κ3) is 4.40. The van der Waals surface area contributed by atoms with E-state index in [0.29, 0.717) is 28.6 Å². The molecule has 2 N–H and O–H groups in total. The molecule has 0 unspecified atom stereocenters. The van der Waals surface area contributed by atoms with E-state index in [1.165, 1.54) is 0 Å². The van der Waals surface area contributed by atoms with Crippen LogP contribution in [0.1, 0.15) is 21.5 Å². The van der Waals surface area contributed by atoms with Crippen LogP contribution in [0, 0.1) is 13.8 Å². The number of aromatic nitrogens is 1. The van der Waals surface area contributed by atoms with Gasteiger partial charge < -0.3 is 20.1 Å². The first-order valence-corrected chi connectivity index (χ1v) is 8.84. The number of ether oxygens (including phenoxy) is 2. The molecule has 1 aromatic heterocycles. The number of carbonyl (C=O) groups is 1. The van der Waals surface area contributed by atoms with Gasteiger partial charge in [0.05, 0.1) is 19.9 Å². The quantitative estimate of drug-likeness (QED) is 0.651. The van der Waals surface area contributed by atoms with Crippen LogP contribution in [0.2, 0.25) is 0 Å². The lowest BCUT2D eigenvalue weighted by molar-refractivity contribution is 0.102. The van der Waals surface area contributed by atoms with Crippen LogP contribution in [0.25, 0.3) is 0 Å². The van der Waals surface area contributed by atoms with Gasteiger partial charge in [-0.15, -0.1) is 0 Å². The summed E-state index contributed by atoms with van der Waals surface area (Å²) in [6, 6.07) is 14.7. The number of hydrogen-bond donors (Lipinski definition) is 2. The number of benzene rings is 2. The van der Waals surface area contributed by atoms with Crippen LogP contribution in [0.3, 0.4) is 0 Å². The van der Waals surface area contributed by atoms with Gasteiger partial charge in [0.1, 0.15) is 17.3 Å². The highest BCUT2D eigenvalue weighted by molar-refractivity contribution is 6.05. The molecule has 6 nitrogen and oxygen atoms in total. The molecular formula is C22H23N3O3. The van der Waals surface area contributed by atoms with E-state index >= 15 is 0 Å². The molecule has 6 heteroatoms. The smallest absolute Gasteiger partial charge is 0.255 e. The number of hydrogen-bond acceptors (Lipinski definition) is 5. The number of nitrogens with zero attached hydrogens (tertiary/aromatic N) is 1. The normalized spacial score (nSPS) is 10.3. The Balaban J connectivity index is 1.82. The molecule has 0 bridgehead atoms. The van der Waals surface area contributed by atoms with Gasteiger partial charge in [0, 0.05) is 23.5 Å². The summed E-state index contributed by atoms with van der Waals surface area (Å²) < 4.78 is 10.6. The van der Waals surface area contributed by atoms with E-state index in [4.69, 9.17) is 9.47 Å². The number of nitrogens with one attached hydrogen (secondary N) is 2. The number of amides is 1. The lowest BCUT2D eigenvalue weighted by atomic mass is 10.1. The predicted molar refractivity (Wildman–Crippen MR) is 111 cm³/mol. The summed E-state index contributed by atoms with van der Waals surface area (Å²) in [6.07, 6.45) is 1.59. The summed E-state index contributed by atoms with van der Waals surface area (Å²) in [6.45, 7) is 3.95. The van der Waals surface area contributed by atoms with Gasteiger partial charge >= 0.3 is 0 Å². The van der Waals surface area contributed by atoms with Gasteiger partial charge in [0.2, 0.25) is 0 Å². The molecule has 3 aromatic rings. The largest absolute Gasteiger partial charge is 0.497 e. The third-order valence-corrected chi connectivity index (χ3v) is 4.33. The first-order chi connectivity index (χ1) is 13.5. The van der Waals surface area contributed by atoms with Crippen LogP contribution in [0.5, 0.6) is 11.5 Å². The zero-order valence-corrected chi connectivity index (χ0v) is 16.4. The lowest BCUT2D eigenvalue weighted by Gasteiger charge is -2.13. The van der Waals surface area contributed by atoms with Crippen LogP contribution in [-0.4, -0.2) is 25.1 Å². The van der Waals surface area contributed by atoms with E-state index in [2.05, 4.69) is 15.6 Å². The maximum atomic E-state index is 12.7. The van der Waals surface area contributed by atoms with Crippen LogP contribution in [0.15, 0.2) is 54.7 Å². The first kappa shape index (κ1) is 19.2. The van der Waals surface area contributed by atoms with Crippen LogP contribution in [0.4, 0.5) is 17.2 Å². The monoisotopic (exact) mass is 377 g/mol. The van der Waals surface area contributed by atoms with E-state index in [0.717, 1.165) is 16.8 Å². The zero-order valence-electron chi connectivity index (χ0n) is 16.4. The number of carbonyl (C=O) groups excluding carboxylic acids is 1. The summed E-state index contributed by atoms with van der Waals surface area (Å²) >= 11 is 0. The topological polar surface area (TPSA) is 72.5 Å². The lowest BCUT2D eigenvalue weighted by Crippen LogP contribution is -2.13. The summed E-state index contributed by atoms with van der Waals surface area (Å²) in [5, 5.41) is 6.14. The van der Waals surface area contributed by atoms with Crippen LogP contribution in [-0.2, 0) is 0 Å². The van der Waals surface area contributed by atoms with Crippen molar-refractivity contribution in [1.29, 1.82) is 0 Å². The van der Waals surface area contributed by atoms with Crippen molar-refractivity contribution < 1.29 is 14.3 Å². The van der Waals surface area contributed by atoms with E-state index < -0.39 is 0 Å². The molecule has 0 spiro atoms. The van der Waals surface area contributed by atoms with Gasteiger partial charge in [0.15, 0.2) is 0 Å². The second-order valence-electron chi connectivity index (χ2n) is 6.39. The molecule has 0 atom stereocenters. The molecule has 0 aliphatic rings. The van der Waals surface area contributed by atoms with Gasteiger partial charge in [0.25, 0.3) is 5.91 Å².